The summed E-state index contributed by atoms with van der Waals surface area (Å²) in [5.74, 6) is -4.80. The number of carbonyl (C=O) groups is 1. The maximum absolute atomic E-state index is 14.7. The Kier molecular flexibility index (Phi) is 9.14. The number of hydrogen-bond acceptors (Lipinski definition) is 10. The second kappa shape index (κ2) is 14.2. The lowest BCUT2D eigenvalue weighted by Crippen LogP contribution is -2.67. The molecule has 5 aromatic carbocycles. The zero-order valence-corrected chi connectivity index (χ0v) is 34.2. The van der Waals surface area contributed by atoms with Gasteiger partial charge in [-0.3, -0.25) is 4.79 Å². The summed E-state index contributed by atoms with van der Waals surface area (Å²) in [6.07, 6.45) is 2.36. The van der Waals surface area contributed by atoms with Gasteiger partial charge in [-0.05, 0) is 43.0 Å². The van der Waals surface area contributed by atoms with Gasteiger partial charge in [0.1, 0.15) is 41.0 Å². The maximum atomic E-state index is 14.7. The van der Waals surface area contributed by atoms with Crippen LogP contribution < -0.4 is 18.9 Å². The van der Waals surface area contributed by atoms with Gasteiger partial charge in [-0.25, -0.2) is 0 Å². The number of carbonyl (C=O) groups excluding carboxylic acids is 1. The van der Waals surface area contributed by atoms with Crippen LogP contribution in [-0.2, 0) is 37.0 Å². The number of benzene rings is 5. The van der Waals surface area contributed by atoms with Crippen molar-refractivity contribution in [2.45, 2.75) is 61.5 Å². The Bertz CT molecular complexity index is 2490. The summed E-state index contributed by atoms with van der Waals surface area (Å²) in [4.78, 5) is 14.7. The molecule has 10 rings (SSSR count). The third kappa shape index (κ3) is 5.11. The minimum atomic E-state index is -2.07. The first kappa shape index (κ1) is 38.5. The van der Waals surface area contributed by atoms with Crippen LogP contribution in [0.4, 0.5) is 0 Å². The smallest absolute Gasteiger partial charge is 0.242 e. The second-order valence-corrected chi connectivity index (χ2v) is 16.5. The quantitative estimate of drug-likeness (QED) is 0.141. The number of aromatic hydroxyl groups is 1. The highest BCUT2D eigenvalue weighted by Gasteiger charge is 2.83. The van der Waals surface area contributed by atoms with Gasteiger partial charge in [-0.2, -0.15) is 0 Å². The lowest BCUT2D eigenvalue weighted by atomic mass is 9.54. The van der Waals surface area contributed by atoms with Crippen LogP contribution >= 0.6 is 0 Å². The first-order valence-electron chi connectivity index (χ1n) is 20.5. The van der Waals surface area contributed by atoms with Crippen molar-refractivity contribution in [2.75, 3.05) is 28.4 Å². The van der Waals surface area contributed by atoms with E-state index in [1.54, 1.807) is 33.3 Å². The van der Waals surface area contributed by atoms with Crippen LogP contribution in [0.15, 0.2) is 121 Å². The van der Waals surface area contributed by atoms with Crippen LogP contribution in [0.5, 0.6) is 28.7 Å². The number of fused-ring (bicyclic) bond motifs is 3. The van der Waals surface area contributed by atoms with Gasteiger partial charge >= 0.3 is 0 Å². The molecule has 0 radical (unpaired) electrons. The molecule has 2 N–H and O–H groups in total. The fourth-order valence-electron chi connectivity index (χ4n) is 11.9. The van der Waals surface area contributed by atoms with Crippen molar-refractivity contribution in [1.82, 2.24) is 0 Å². The molecule has 10 atom stereocenters. The van der Waals surface area contributed by atoms with Crippen molar-refractivity contribution < 1.29 is 48.2 Å². The van der Waals surface area contributed by atoms with Crippen molar-refractivity contribution >= 4 is 5.78 Å². The van der Waals surface area contributed by atoms with Crippen molar-refractivity contribution in [2.24, 2.45) is 17.3 Å². The maximum Gasteiger partial charge on any atom is 0.242 e. The van der Waals surface area contributed by atoms with Crippen molar-refractivity contribution in [3.05, 3.63) is 160 Å². The van der Waals surface area contributed by atoms with Crippen LogP contribution in [0.2, 0.25) is 0 Å². The number of ketones is 1. The fourth-order valence-corrected chi connectivity index (χ4v) is 11.9. The lowest BCUT2D eigenvalue weighted by molar-refractivity contribution is -0.327. The van der Waals surface area contributed by atoms with E-state index < -0.39 is 52.9 Å². The number of phenolic OH excluding ortho intramolecular Hbond substituents is 1. The predicted molar refractivity (Wildman–Crippen MR) is 221 cm³/mol. The monoisotopic (exact) mass is 808 g/mol. The van der Waals surface area contributed by atoms with Gasteiger partial charge < -0.3 is 43.4 Å². The van der Waals surface area contributed by atoms with Gasteiger partial charge in [0.2, 0.25) is 5.79 Å². The third-order valence-electron chi connectivity index (χ3n) is 14.1. The van der Waals surface area contributed by atoms with Gasteiger partial charge in [-0.15, -0.1) is 0 Å². The molecule has 308 valence electrons. The molecule has 10 heteroatoms. The van der Waals surface area contributed by atoms with Crippen molar-refractivity contribution in [1.29, 1.82) is 0 Å². The molecular weight excluding hydrogens is 761 g/mol. The number of aliphatic hydroxyl groups is 1. The number of methoxy groups -OCH3 is 4. The van der Waals surface area contributed by atoms with E-state index in [0.29, 0.717) is 52.5 Å². The van der Waals surface area contributed by atoms with Gasteiger partial charge in [0, 0.05) is 71.8 Å². The Morgan fingerprint density at radius 3 is 2.23 bits per heavy atom. The summed E-state index contributed by atoms with van der Waals surface area (Å²) in [7, 11) is 6.25. The normalized spacial score (nSPS) is 30.5. The summed E-state index contributed by atoms with van der Waals surface area (Å²) in [5, 5.41) is 24.9. The molecule has 0 aromatic heterocycles. The second-order valence-electron chi connectivity index (χ2n) is 16.5. The minimum absolute atomic E-state index is 0.0529. The first-order valence-corrected chi connectivity index (χ1v) is 20.5. The summed E-state index contributed by atoms with van der Waals surface area (Å²) in [5.41, 5.74) is 3.69. The molecule has 1 saturated heterocycles. The zero-order valence-electron chi connectivity index (χ0n) is 34.2. The largest absolute Gasteiger partial charge is 0.508 e. The number of hydrogen-bond donors (Lipinski definition) is 2. The van der Waals surface area contributed by atoms with Gasteiger partial charge in [-0.1, -0.05) is 103 Å². The molecule has 10 unspecified atom stereocenters. The standard InChI is InChI=1S/C50H48O10/c1-28-34(51)23-21-33(44(28)55-3)40-43-42-41-38(27-37(54-2)32-22-25-36(58-45(32)41)29-15-9-6-10-16-29)59-50(43,31-19-13-8-14-20-31)60-39-26-24-35(52)47(56-4)48(39,42)46(40)49(53,57-5)30-17-11-7-12-18-30/h6-21,23-24,26-27,36,39-40,42-43,46-47,51,53H,22,25H2,1-5H3. The molecule has 1 saturated carbocycles. The molecule has 3 heterocycles. The molecule has 60 heavy (non-hydrogen) atoms. The summed E-state index contributed by atoms with van der Waals surface area (Å²) >= 11 is 0. The van der Waals surface area contributed by atoms with E-state index in [1.165, 1.54) is 20.3 Å². The van der Waals surface area contributed by atoms with E-state index in [1.807, 2.05) is 91.0 Å². The number of rotatable bonds is 9. The van der Waals surface area contributed by atoms with Crippen molar-refractivity contribution in [3.63, 3.8) is 0 Å². The molecular formula is C50H48O10. The molecule has 2 aliphatic carbocycles. The van der Waals surface area contributed by atoms with E-state index in [9.17, 15) is 15.0 Å². The van der Waals surface area contributed by atoms with Gasteiger partial charge in [0.05, 0.1) is 25.7 Å². The fraction of sp³-hybridized carbons (Fsp3) is 0.340. The van der Waals surface area contributed by atoms with E-state index in [2.05, 4.69) is 12.1 Å². The highest BCUT2D eigenvalue weighted by molar-refractivity contribution is 5.96. The van der Waals surface area contributed by atoms with Crippen LogP contribution in [0.25, 0.3) is 0 Å². The lowest BCUT2D eigenvalue weighted by Gasteiger charge is -2.61. The van der Waals surface area contributed by atoms with Crippen LogP contribution in [0.1, 0.15) is 63.3 Å². The topological polar surface area (TPSA) is 122 Å². The van der Waals surface area contributed by atoms with E-state index in [0.717, 1.165) is 22.3 Å². The number of phenols is 1. The summed E-state index contributed by atoms with van der Waals surface area (Å²) in [6.45, 7) is 1.80. The minimum Gasteiger partial charge on any atom is -0.508 e. The Balaban J connectivity index is 1.38. The highest BCUT2D eigenvalue weighted by atomic mass is 16.7. The molecule has 5 aliphatic rings. The molecule has 5 aromatic rings. The Hall–Kier alpha value is -5.65. The average Bonchev–Trinajstić information content (AvgIpc) is 3.54. The summed E-state index contributed by atoms with van der Waals surface area (Å²) in [6, 6.07) is 34.6. The van der Waals surface area contributed by atoms with E-state index in [-0.39, 0.29) is 17.6 Å². The Labute approximate surface area is 349 Å². The molecule has 0 amide bonds. The van der Waals surface area contributed by atoms with E-state index >= 15 is 0 Å². The third-order valence-corrected chi connectivity index (χ3v) is 14.1. The van der Waals surface area contributed by atoms with Crippen LogP contribution in [0, 0.1) is 24.2 Å². The SMILES string of the molecule is COc1cc2c(c3c1CCC(c1ccccc1)O3)C1C3C(c4ccc(O)c(C)c4OC)C(C(O)(OC)c4ccccc4)C14C(C=CC(=O)C4OC)OC3(c1ccccc1)O2. The van der Waals surface area contributed by atoms with Crippen LogP contribution in [-0.4, -0.2) is 56.6 Å². The molecule has 3 aliphatic heterocycles. The average molecular weight is 809 g/mol. The number of ether oxygens (including phenoxy) is 7. The van der Waals surface area contributed by atoms with E-state index in [4.69, 9.17) is 33.2 Å². The van der Waals surface area contributed by atoms with Gasteiger partial charge in [0.25, 0.3) is 0 Å². The van der Waals surface area contributed by atoms with Crippen LogP contribution in [0.3, 0.4) is 0 Å². The highest BCUT2D eigenvalue weighted by Crippen LogP contribution is 2.81. The molecule has 4 bridgehead atoms. The summed E-state index contributed by atoms with van der Waals surface area (Å²) < 4.78 is 47.6. The first-order chi connectivity index (χ1) is 29.2. The Morgan fingerprint density at radius 2 is 1.57 bits per heavy atom. The van der Waals surface area contributed by atoms with Gasteiger partial charge in [0.15, 0.2) is 11.6 Å². The van der Waals surface area contributed by atoms with Crippen molar-refractivity contribution in [3.8, 4) is 28.7 Å². The molecule has 1 spiro atoms. The zero-order chi connectivity index (χ0) is 41.6. The Morgan fingerprint density at radius 1 is 0.867 bits per heavy atom. The molecule has 10 nitrogen and oxygen atoms in total. The predicted octanol–water partition coefficient (Wildman–Crippen LogP) is 8.17. The molecule has 2 fully saturated rings.